The van der Waals surface area contributed by atoms with Crippen LogP contribution in [0.3, 0.4) is 0 Å². The van der Waals surface area contributed by atoms with Crippen molar-refractivity contribution in [2.45, 2.75) is 33.2 Å². The second kappa shape index (κ2) is 6.34. The van der Waals surface area contributed by atoms with Crippen molar-refractivity contribution in [3.05, 3.63) is 35.4 Å². The van der Waals surface area contributed by atoms with Crippen molar-refractivity contribution in [3.63, 3.8) is 0 Å². The van der Waals surface area contributed by atoms with Crippen LogP contribution in [0.1, 0.15) is 37.4 Å². The fourth-order valence-electron chi connectivity index (χ4n) is 1.80. The summed E-state index contributed by atoms with van der Waals surface area (Å²) in [5.74, 6) is 0.448. The van der Waals surface area contributed by atoms with Gasteiger partial charge in [0.1, 0.15) is 0 Å². The molecule has 0 heterocycles. The Labute approximate surface area is 110 Å². The Morgan fingerprint density at radius 2 is 1.72 bits per heavy atom. The predicted molar refractivity (Wildman–Crippen MR) is 76.2 cm³/mol. The number of benzene rings is 1. The monoisotopic (exact) mass is 269 g/mol. The van der Waals surface area contributed by atoms with Crippen molar-refractivity contribution in [1.29, 1.82) is 0 Å². The molecule has 0 aromatic heterocycles. The molecule has 0 spiro atoms. The summed E-state index contributed by atoms with van der Waals surface area (Å²) < 4.78 is 23.9. The van der Waals surface area contributed by atoms with E-state index in [1.165, 1.54) is 0 Å². The molecule has 2 unspecified atom stereocenters. The third kappa shape index (κ3) is 4.78. The van der Waals surface area contributed by atoms with Gasteiger partial charge < -0.3 is 5.73 Å². The highest BCUT2D eigenvalue weighted by Gasteiger charge is 2.19. The van der Waals surface area contributed by atoms with E-state index in [1.54, 1.807) is 0 Å². The van der Waals surface area contributed by atoms with Crippen LogP contribution in [-0.4, -0.2) is 19.9 Å². The topological polar surface area (TPSA) is 60.2 Å². The summed E-state index contributed by atoms with van der Waals surface area (Å²) >= 11 is 0. The summed E-state index contributed by atoms with van der Waals surface area (Å²) in [7, 11) is -3.08. The maximum absolute atomic E-state index is 12.0. The Bertz CT molecular complexity index is 465. The molecule has 0 fully saturated rings. The van der Waals surface area contributed by atoms with Gasteiger partial charge >= 0.3 is 0 Å². The van der Waals surface area contributed by atoms with Crippen LogP contribution in [-0.2, 0) is 9.84 Å². The molecule has 18 heavy (non-hydrogen) atoms. The maximum atomic E-state index is 12.0. The molecular formula is C14H23NO2S. The van der Waals surface area contributed by atoms with Gasteiger partial charge in [-0.05, 0) is 18.4 Å². The average molecular weight is 269 g/mol. The summed E-state index contributed by atoms with van der Waals surface area (Å²) in [6.45, 7) is 5.95. The molecule has 2 N–H and O–H groups in total. The number of nitrogens with two attached hydrogens (primary N) is 1. The van der Waals surface area contributed by atoms with Crippen LogP contribution in [0, 0.1) is 12.8 Å². The molecule has 0 saturated heterocycles. The SMILES string of the molecule is CCC(C)CS(=O)(=O)CC(N)c1ccc(C)cc1. The molecule has 1 rings (SSSR count). The summed E-state index contributed by atoms with van der Waals surface area (Å²) in [6.07, 6.45) is 0.874. The lowest BCUT2D eigenvalue weighted by molar-refractivity contribution is 0.559. The highest BCUT2D eigenvalue weighted by Crippen LogP contribution is 2.15. The zero-order valence-corrected chi connectivity index (χ0v) is 12.2. The lowest BCUT2D eigenvalue weighted by Crippen LogP contribution is -2.25. The molecule has 0 bridgehead atoms. The number of rotatable bonds is 6. The Kier molecular flexibility index (Phi) is 5.35. The minimum atomic E-state index is -3.08. The first-order chi connectivity index (χ1) is 8.34. The highest BCUT2D eigenvalue weighted by atomic mass is 32.2. The zero-order chi connectivity index (χ0) is 13.8. The van der Waals surface area contributed by atoms with Crippen molar-refractivity contribution >= 4 is 9.84 Å². The van der Waals surface area contributed by atoms with E-state index in [0.717, 1.165) is 17.5 Å². The van der Waals surface area contributed by atoms with Crippen LogP contribution >= 0.6 is 0 Å². The van der Waals surface area contributed by atoms with E-state index in [9.17, 15) is 8.42 Å². The Hall–Kier alpha value is -0.870. The van der Waals surface area contributed by atoms with E-state index in [1.807, 2.05) is 45.0 Å². The minimum absolute atomic E-state index is 0.0282. The zero-order valence-electron chi connectivity index (χ0n) is 11.4. The first kappa shape index (κ1) is 15.2. The van der Waals surface area contributed by atoms with Gasteiger partial charge in [-0.3, -0.25) is 0 Å². The van der Waals surface area contributed by atoms with Gasteiger partial charge in [0.25, 0.3) is 0 Å². The van der Waals surface area contributed by atoms with E-state index in [-0.39, 0.29) is 17.4 Å². The number of sulfone groups is 1. The molecule has 2 atom stereocenters. The third-order valence-electron chi connectivity index (χ3n) is 3.17. The van der Waals surface area contributed by atoms with Crippen molar-refractivity contribution in [1.82, 2.24) is 0 Å². The van der Waals surface area contributed by atoms with Crippen LogP contribution in [0.4, 0.5) is 0 Å². The molecule has 0 amide bonds. The standard InChI is InChI=1S/C14H23NO2S/c1-4-11(2)9-18(16,17)10-14(15)13-7-5-12(3)6-8-13/h5-8,11,14H,4,9-10,15H2,1-3H3. The number of hydrogen-bond acceptors (Lipinski definition) is 3. The van der Waals surface area contributed by atoms with Crippen molar-refractivity contribution in [2.75, 3.05) is 11.5 Å². The lowest BCUT2D eigenvalue weighted by Gasteiger charge is -2.15. The molecular weight excluding hydrogens is 246 g/mol. The molecule has 4 heteroatoms. The summed E-state index contributed by atoms with van der Waals surface area (Å²) in [6, 6.07) is 7.28. The summed E-state index contributed by atoms with van der Waals surface area (Å²) in [5, 5.41) is 0. The average Bonchev–Trinajstić information content (AvgIpc) is 2.28. The molecule has 0 saturated carbocycles. The quantitative estimate of drug-likeness (QED) is 0.863. The van der Waals surface area contributed by atoms with Gasteiger partial charge in [-0.25, -0.2) is 8.42 Å². The summed E-state index contributed by atoms with van der Waals surface area (Å²) in [5.41, 5.74) is 8.00. The smallest absolute Gasteiger partial charge is 0.152 e. The second-order valence-electron chi connectivity index (χ2n) is 5.11. The fourth-order valence-corrected chi connectivity index (χ4v) is 3.78. The van der Waals surface area contributed by atoms with E-state index < -0.39 is 15.9 Å². The Balaban J connectivity index is 2.69. The molecule has 0 aliphatic heterocycles. The molecule has 3 nitrogen and oxygen atoms in total. The lowest BCUT2D eigenvalue weighted by atomic mass is 10.1. The van der Waals surface area contributed by atoms with Gasteiger partial charge in [-0.2, -0.15) is 0 Å². The normalized spacial score (nSPS) is 15.3. The van der Waals surface area contributed by atoms with Crippen molar-refractivity contribution in [2.24, 2.45) is 11.7 Å². The van der Waals surface area contributed by atoms with Crippen molar-refractivity contribution in [3.8, 4) is 0 Å². The first-order valence-corrected chi connectivity index (χ1v) is 8.18. The van der Waals surface area contributed by atoms with Gasteiger partial charge in [0.2, 0.25) is 0 Å². The van der Waals surface area contributed by atoms with Gasteiger partial charge in [-0.1, -0.05) is 50.1 Å². The minimum Gasteiger partial charge on any atom is -0.323 e. The molecule has 1 aromatic carbocycles. The third-order valence-corrected chi connectivity index (χ3v) is 5.12. The molecule has 0 aliphatic carbocycles. The van der Waals surface area contributed by atoms with Gasteiger partial charge in [0, 0.05) is 6.04 Å². The van der Waals surface area contributed by atoms with Crippen molar-refractivity contribution < 1.29 is 8.42 Å². The van der Waals surface area contributed by atoms with Crippen LogP contribution < -0.4 is 5.73 Å². The first-order valence-electron chi connectivity index (χ1n) is 6.36. The number of hydrogen-bond donors (Lipinski definition) is 1. The predicted octanol–water partition coefficient (Wildman–Crippen LogP) is 2.46. The van der Waals surface area contributed by atoms with Crippen LogP contribution in [0.15, 0.2) is 24.3 Å². The molecule has 102 valence electrons. The Morgan fingerprint density at radius 1 is 1.17 bits per heavy atom. The summed E-state index contributed by atoms with van der Waals surface area (Å²) in [4.78, 5) is 0. The van der Waals surface area contributed by atoms with Crippen LogP contribution in [0.25, 0.3) is 0 Å². The second-order valence-corrected chi connectivity index (χ2v) is 7.26. The van der Waals surface area contributed by atoms with Gasteiger partial charge in [-0.15, -0.1) is 0 Å². The van der Waals surface area contributed by atoms with E-state index in [2.05, 4.69) is 0 Å². The van der Waals surface area contributed by atoms with E-state index in [0.29, 0.717) is 0 Å². The van der Waals surface area contributed by atoms with Crippen LogP contribution in [0.5, 0.6) is 0 Å². The fraction of sp³-hybridized carbons (Fsp3) is 0.571. The van der Waals surface area contributed by atoms with Gasteiger partial charge in [0.05, 0.1) is 11.5 Å². The molecule has 0 aliphatic rings. The van der Waals surface area contributed by atoms with Gasteiger partial charge in [0.15, 0.2) is 9.84 Å². The largest absolute Gasteiger partial charge is 0.323 e. The highest BCUT2D eigenvalue weighted by molar-refractivity contribution is 7.91. The Morgan fingerprint density at radius 3 is 2.22 bits per heavy atom. The van der Waals surface area contributed by atoms with Crippen LogP contribution in [0.2, 0.25) is 0 Å². The molecule has 0 radical (unpaired) electrons. The maximum Gasteiger partial charge on any atom is 0.152 e. The molecule has 1 aromatic rings. The van der Waals surface area contributed by atoms with E-state index in [4.69, 9.17) is 5.73 Å². The number of aryl methyl sites for hydroxylation is 1. The van der Waals surface area contributed by atoms with E-state index >= 15 is 0 Å².